The number of nitrogens with zero attached hydrogens (tertiary/aromatic N) is 1. The van der Waals surface area contributed by atoms with Gasteiger partial charge in [0.2, 0.25) is 0 Å². The summed E-state index contributed by atoms with van der Waals surface area (Å²) in [6.45, 7) is 2.07. The second kappa shape index (κ2) is 7.56. The van der Waals surface area contributed by atoms with E-state index in [1.54, 1.807) is 19.1 Å². The van der Waals surface area contributed by atoms with Crippen molar-refractivity contribution >= 4 is 12.1 Å². The number of hydrogen-bond donors (Lipinski definition) is 1. The molecule has 1 N–H and O–H groups in total. The highest BCUT2D eigenvalue weighted by atomic mass is 19.1. The van der Waals surface area contributed by atoms with Gasteiger partial charge in [-0.25, -0.2) is 9.18 Å². The molecule has 0 aromatic heterocycles. The Labute approximate surface area is 151 Å². The van der Waals surface area contributed by atoms with Crippen molar-refractivity contribution in [1.82, 2.24) is 4.90 Å². The van der Waals surface area contributed by atoms with Crippen LogP contribution in [-0.2, 0) is 16.1 Å². The monoisotopic (exact) mass is 357 g/mol. The van der Waals surface area contributed by atoms with Gasteiger partial charge in [0.05, 0.1) is 5.92 Å². The van der Waals surface area contributed by atoms with Gasteiger partial charge in [0.25, 0.3) is 0 Å². The van der Waals surface area contributed by atoms with Crippen LogP contribution in [0.15, 0.2) is 48.5 Å². The average molecular weight is 357 g/mol. The van der Waals surface area contributed by atoms with Crippen molar-refractivity contribution in [2.45, 2.75) is 19.4 Å². The highest BCUT2D eigenvalue weighted by Crippen LogP contribution is 2.34. The van der Waals surface area contributed by atoms with E-state index in [1.807, 2.05) is 30.3 Å². The molecule has 136 valence electrons. The van der Waals surface area contributed by atoms with Gasteiger partial charge in [-0.05, 0) is 29.7 Å². The molecule has 0 spiro atoms. The molecule has 0 aliphatic carbocycles. The number of ether oxygens (including phenoxy) is 1. The molecular weight excluding hydrogens is 337 g/mol. The molecule has 1 saturated heterocycles. The van der Waals surface area contributed by atoms with Crippen molar-refractivity contribution < 1.29 is 23.8 Å². The Morgan fingerprint density at radius 1 is 1.19 bits per heavy atom. The van der Waals surface area contributed by atoms with Crippen LogP contribution in [0.4, 0.5) is 9.18 Å². The number of carbonyl (C=O) groups excluding carboxylic acids is 1. The van der Waals surface area contributed by atoms with E-state index in [4.69, 9.17) is 4.74 Å². The van der Waals surface area contributed by atoms with Crippen LogP contribution in [0.5, 0.6) is 0 Å². The van der Waals surface area contributed by atoms with Crippen LogP contribution in [0.2, 0.25) is 0 Å². The highest BCUT2D eigenvalue weighted by molar-refractivity contribution is 5.75. The smallest absolute Gasteiger partial charge is 0.410 e. The summed E-state index contributed by atoms with van der Waals surface area (Å²) in [5.74, 6) is -2.45. The molecule has 6 heteroatoms. The van der Waals surface area contributed by atoms with E-state index < -0.39 is 23.9 Å². The number of halogens is 1. The lowest BCUT2D eigenvalue weighted by atomic mass is 9.88. The van der Waals surface area contributed by atoms with Gasteiger partial charge in [-0.2, -0.15) is 0 Å². The van der Waals surface area contributed by atoms with Crippen LogP contribution in [-0.4, -0.2) is 35.2 Å². The molecule has 1 amide bonds. The first-order chi connectivity index (χ1) is 12.5. The number of likely N-dealkylation sites (tertiary alicyclic amines) is 1. The molecular formula is C20H20FNO4. The zero-order valence-electron chi connectivity index (χ0n) is 14.4. The summed E-state index contributed by atoms with van der Waals surface area (Å²) in [4.78, 5) is 25.4. The van der Waals surface area contributed by atoms with E-state index in [0.29, 0.717) is 5.56 Å². The highest BCUT2D eigenvalue weighted by Gasteiger charge is 2.41. The van der Waals surface area contributed by atoms with Crippen molar-refractivity contribution in [2.75, 3.05) is 13.1 Å². The van der Waals surface area contributed by atoms with E-state index in [-0.39, 0.29) is 25.5 Å². The van der Waals surface area contributed by atoms with Crippen LogP contribution in [0.3, 0.4) is 0 Å². The predicted octanol–water partition coefficient (Wildman–Crippen LogP) is 3.57. The van der Waals surface area contributed by atoms with Gasteiger partial charge in [-0.1, -0.05) is 42.5 Å². The molecule has 2 aromatic rings. The minimum absolute atomic E-state index is 0.0735. The zero-order chi connectivity index (χ0) is 18.7. The van der Waals surface area contributed by atoms with Crippen LogP contribution in [0.25, 0.3) is 0 Å². The maximum atomic E-state index is 13.5. The molecule has 1 fully saturated rings. The van der Waals surface area contributed by atoms with Crippen molar-refractivity contribution in [2.24, 2.45) is 5.92 Å². The molecule has 26 heavy (non-hydrogen) atoms. The first-order valence-corrected chi connectivity index (χ1v) is 8.40. The summed E-state index contributed by atoms with van der Waals surface area (Å²) in [6, 6.07) is 13.8. The van der Waals surface area contributed by atoms with Crippen LogP contribution in [0, 0.1) is 18.7 Å². The number of benzene rings is 2. The maximum absolute atomic E-state index is 13.5. The molecule has 1 aliphatic rings. The fourth-order valence-corrected chi connectivity index (χ4v) is 3.25. The molecule has 2 aromatic carbocycles. The van der Waals surface area contributed by atoms with Crippen LogP contribution >= 0.6 is 0 Å². The van der Waals surface area contributed by atoms with E-state index in [2.05, 4.69) is 0 Å². The van der Waals surface area contributed by atoms with E-state index in [0.717, 1.165) is 11.1 Å². The molecule has 0 saturated carbocycles. The number of carboxylic acid groups (broad SMARTS) is 1. The molecule has 3 rings (SSSR count). The Morgan fingerprint density at radius 2 is 1.92 bits per heavy atom. The van der Waals surface area contributed by atoms with Gasteiger partial charge in [0.1, 0.15) is 12.4 Å². The van der Waals surface area contributed by atoms with Crippen LogP contribution < -0.4 is 0 Å². The van der Waals surface area contributed by atoms with Gasteiger partial charge in [0.15, 0.2) is 0 Å². The Kier molecular flexibility index (Phi) is 5.21. The van der Waals surface area contributed by atoms with Crippen molar-refractivity contribution in [3.63, 3.8) is 0 Å². The minimum Gasteiger partial charge on any atom is -0.481 e. The van der Waals surface area contributed by atoms with Gasteiger partial charge >= 0.3 is 12.1 Å². The maximum Gasteiger partial charge on any atom is 0.410 e. The van der Waals surface area contributed by atoms with Crippen molar-refractivity contribution in [3.8, 4) is 0 Å². The number of rotatable bonds is 4. The third-order valence-electron chi connectivity index (χ3n) is 4.71. The largest absolute Gasteiger partial charge is 0.481 e. The summed E-state index contributed by atoms with van der Waals surface area (Å²) in [5.41, 5.74) is 2.03. The first kappa shape index (κ1) is 17.9. The fraction of sp³-hybridized carbons (Fsp3) is 0.300. The number of aliphatic carboxylic acids is 1. The van der Waals surface area contributed by atoms with Gasteiger partial charge in [-0.3, -0.25) is 4.79 Å². The normalized spacial score (nSPS) is 19.4. The molecule has 1 aliphatic heterocycles. The Bertz CT molecular complexity index is 809. The molecule has 0 radical (unpaired) electrons. The van der Waals surface area contributed by atoms with E-state index in [1.165, 1.54) is 11.0 Å². The molecule has 5 nitrogen and oxygen atoms in total. The molecule has 0 unspecified atom stereocenters. The summed E-state index contributed by atoms with van der Waals surface area (Å²) >= 11 is 0. The minimum atomic E-state index is -0.977. The third-order valence-corrected chi connectivity index (χ3v) is 4.71. The first-order valence-electron chi connectivity index (χ1n) is 8.40. The average Bonchev–Trinajstić information content (AvgIpc) is 3.09. The Morgan fingerprint density at radius 3 is 2.58 bits per heavy atom. The standard InChI is InChI=1S/C20H20FNO4/c1-13-9-15(7-8-18(13)21)16-10-22(11-17(16)19(23)24)20(25)26-12-14-5-3-2-4-6-14/h2-9,16-17H,10-12H2,1H3,(H,23,24)/t16-,17+/m0/s1. The second-order valence-corrected chi connectivity index (χ2v) is 6.51. The SMILES string of the molecule is Cc1cc([C@@H]2CN(C(=O)OCc3ccccc3)C[C@H]2C(=O)O)ccc1F. The molecule has 1 heterocycles. The number of hydrogen-bond acceptors (Lipinski definition) is 3. The topological polar surface area (TPSA) is 66.8 Å². The Hall–Kier alpha value is -2.89. The lowest BCUT2D eigenvalue weighted by molar-refractivity contribution is -0.141. The summed E-state index contributed by atoms with van der Waals surface area (Å²) in [7, 11) is 0. The summed E-state index contributed by atoms with van der Waals surface area (Å²) < 4.78 is 18.8. The lowest BCUT2D eigenvalue weighted by Gasteiger charge is -2.17. The van der Waals surface area contributed by atoms with Gasteiger partial charge < -0.3 is 14.7 Å². The van der Waals surface area contributed by atoms with E-state index >= 15 is 0 Å². The van der Waals surface area contributed by atoms with Gasteiger partial charge in [-0.15, -0.1) is 0 Å². The number of amides is 1. The van der Waals surface area contributed by atoms with Crippen molar-refractivity contribution in [1.29, 1.82) is 0 Å². The number of carboxylic acids is 1. The zero-order valence-corrected chi connectivity index (χ0v) is 14.4. The third kappa shape index (κ3) is 3.85. The van der Waals surface area contributed by atoms with Crippen LogP contribution in [0.1, 0.15) is 22.6 Å². The predicted molar refractivity (Wildman–Crippen MR) is 93.2 cm³/mol. The Balaban J connectivity index is 1.71. The number of carbonyl (C=O) groups is 2. The van der Waals surface area contributed by atoms with Crippen molar-refractivity contribution in [3.05, 3.63) is 71.0 Å². The molecule has 0 bridgehead atoms. The fourth-order valence-electron chi connectivity index (χ4n) is 3.25. The quantitative estimate of drug-likeness (QED) is 0.908. The number of aryl methyl sites for hydroxylation is 1. The second-order valence-electron chi connectivity index (χ2n) is 6.51. The molecule has 2 atom stereocenters. The lowest BCUT2D eigenvalue weighted by Crippen LogP contribution is -2.30. The summed E-state index contributed by atoms with van der Waals surface area (Å²) in [5, 5.41) is 9.52. The van der Waals surface area contributed by atoms with Gasteiger partial charge in [0, 0.05) is 19.0 Å². The summed E-state index contributed by atoms with van der Waals surface area (Å²) in [6.07, 6.45) is -0.540. The van der Waals surface area contributed by atoms with E-state index in [9.17, 15) is 19.1 Å².